The molecule has 4 nitrogen and oxygen atoms in total. The van der Waals surface area contributed by atoms with Crippen molar-refractivity contribution < 1.29 is 0 Å². The van der Waals surface area contributed by atoms with Crippen LogP contribution in [-0.2, 0) is 6.54 Å². The summed E-state index contributed by atoms with van der Waals surface area (Å²) in [6.07, 6.45) is 4.86. The quantitative estimate of drug-likeness (QED) is 0.867. The maximum absolute atomic E-state index is 4.60. The first-order valence-electron chi connectivity index (χ1n) is 7.05. The standard InChI is InChI=1S/C14H26N4/c1-11(2)18-10-13(12(3)16-18)9-17-7-5-6-14(17)8-15-4/h10-11,14-15H,5-9H2,1-4H3. The van der Waals surface area contributed by atoms with E-state index in [0.29, 0.717) is 12.1 Å². The molecule has 0 spiro atoms. The van der Waals surface area contributed by atoms with Crippen LogP contribution < -0.4 is 5.32 Å². The van der Waals surface area contributed by atoms with Crippen LogP contribution in [0.2, 0.25) is 0 Å². The van der Waals surface area contributed by atoms with Crippen LogP contribution in [0.15, 0.2) is 6.20 Å². The number of nitrogens with one attached hydrogen (secondary N) is 1. The van der Waals surface area contributed by atoms with Gasteiger partial charge in [-0.2, -0.15) is 5.10 Å². The van der Waals surface area contributed by atoms with Gasteiger partial charge >= 0.3 is 0 Å². The smallest absolute Gasteiger partial charge is 0.0638 e. The number of likely N-dealkylation sites (tertiary alicyclic amines) is 1. The zero-order valence-corrected chi connectivity index (χ0v) is 12.1. The molecule has 1 fully saturated rings. The maximum atomic E-state index is 4.60. The molecule has 0 radical (unpaired) electrons. The van der Waals surface area contributed by atoms with Crippen LogP contribution in [0.1, 0.15) is 44.0 Å². The van der Waals surface area contributed by atoms with Crippen molar-refractivity contribution in [3.05, 3.63) is 17.5 Å². The van der Waals surface area contributed by atoms with E-state index in [1.54, 1.807) is 0 Å². The Labute approximate surface area is 110 Å². The van der Waals surface area contributed by atoms with Crippen molar-refractivity contribution in [1.29, 1.82) is 0 Å². The van der Waals surface area contributed by atoms with E-state index in [1.807, 2.05) is 7.05 Å². The molecular formula is C14H26N4. The van der Waals surface area contributed by atoms with Gasteiger partial charge in [-0.05, 0) is 47.2 Å². The largest absolute Gasteiger partial charge is 0.318 e. The zero-order chi connectivity index (χ0) is 13.1. The minimum atomic E-state index is 0.448. The van der Waals surface area contributed by atoms with Gasteiger partial charge in [0.2, 0.25) is 0 Å². The van der Waals surface area contributed by atoms with Gasteiger partial charge in [0.1, 0.15) is 0 Å². The third kappa shape index (κ3) is 2.93. The summed E-state index contributed by atoms with van der Waals surface area (Å²) in [5, 5.41) is 7.90. The fraction of sp³-hybridized carbons (Fsp3) is 0.786. The Morgan fingerprint density at radius 3 is 2.89 bits per heavy atom. The highest BCUT2D eigenvalue weighted by Crippen LogP contribution is 2.21. The van der Waals surface area contributed by atoms with E-state index in [1.165, 1.54) is 30.6 Å². The molecule has 1 aromatic heterocycles. The molecule has 1 aliphatic rings. The molecule has 2 rings (SSSR count). The van der Waals surface area contributed by atoms with Crippen LogP contribution in [0.4, 0.5) is 0 Å². The Kier molecular flexibility index (Phi) is 4.40. The number of hydrogen-bond acceptors (Lipinski definition) is 3. The third-order valence-corrected chi connectivity index (χ3v) is 3.86. The molecule has 1 aliphatic heterocycles. The summed E-state index contributed by atoms with van der Waals surface area (Å²) < 4.78 is 2.08. The molecule has 1 N–H and O–H groups in total. The van der Waals surface area contributed by atoms with Crippen molar-refractivity contribution in [2.45, 2.75) is 52.2 Å². The van der Waals surface area contributed by atoms with E-state index in [4.69, 9.17) is 0 Å². The van der Waals surface area contributed by atoms with Crippen molar-refractivity contribution in [3.63, 3.8) is 0 Å². The average molecular weight is 250 g/mol. The normalized spacial score (nSPS) is 21.1. The van der Waals surface area contributed by atoms with Crippen molar-refractivity contribution >= 4 is 0 Å². The highest BCUT2D eigenvalue weighted by atomic mass is 15.3. The Balaban J connectivity index is 2.04. The molecule has 0 amide bonds. The summed E-state index contributed by atoms with van der Waals surface area (Å²) >= 11 is 0. The molecule has 1 saturated heterocycles. The maximum Gasteiger partial charge on any atom is 0.0638 e. The lowest BCUT2D eigenvalue weighted by Gasteiger charge is -2.23. The summed E-state index contributed by atoms with van der Waals surface area (Å²) in [7, 11) is 2.04. The number of hydrogen-bond donors (Lipinski definition) is 1. The van der Waals surface area contributed by atoms with Gasteiger partial charge in [-0.1, -0.05) is 0 Å². The van der Waals surface area contributed by atoms with E-state index in [0.717, 1.165) is 13.1 Å². The predicted octanol–water partition coefficient (Wildman–Crippen LogP) is 1.96. The molecule has 0 bridgehead atoms. The second-order valence-corrected chi connectivity index (χ2v) is 5.64. The molecule has 18 heavy (non-hydrogen) atoms. The first-order chi connectivity index (χ1) is 8.61. The summed E-state index contributed by atoms with van der Waals surface area (Å²) in [5.74, 6) is 0. The molecule has 4 heteroatoms. The van der Waals surface area contributed by atoms with E-state index in [2.05, 4.69) is 47.0 Å². The molecular weight excluding hydrogens is 224 g/mol. The van der Waals surface area contributed by atoms with Crippen LogP contribution >= 0.6 is 0 Å². The van der Waals surface area contributed by atoms with Gasteiger partial charge in [-0.3, -0.25) is 9.58 Å². The zero-order valence-electron chi connectivity index (χ0n) is 12.1. The van der Waals surface area contributed by atoms with Gasteiger partial charge in [0.05, 0.1) is 5.69 Å². The predicted molar refractivity (Wildman–Crippen MR) is 74.7 cm³/mol. The number of aryl methyl sites for hydroxylation is 1. The van der Waals surface area contributed by atoms with Crippen LogP contribution in [0.3, 0.4) is 0 Å². The second kappa shape index (κ2) is 5.85. The van der Waals surface area contributed by atoms with Crippen LogP contribution in [0, 0.1) is 6.92 Å². The lowest BCUT2D eigenvalue weighted by atomic mass is 10.2. The molecule has 102 valence electrons. The number of rotatable bonds is 5. The van der Waals surface area contributed by atoms with Crippen molar-refractivity contribution in [2.75, 3.05) is 20.1 Å². The fourth-order valence-electron chi connectivity index (χ4n) is 2.73. The molecule has 0 aromatic carbocycles. The van der Waals surface area contributed by atoms with Crippen molar-refractivity contribution in [2.24, 2.45) is 0 Å². The number of aromatic nitrogens is 2. The first-order valence-corrected chi connectivity index (χ1v) is 7.05. The van der Waals surface area contributed by atoms with Crippen molar-refractivity contribution in [1.82, 2.24) is 20.0 Å². The molecule has 1 atom stereocenters. The summed E-state index contributed by atoms with van der Waals surface area (Å²) in [6, 6.07) is 1.14. The monoisotopic (exact) mass is 250 g/mol. The Morgan fingerprint density at radius 2 is 2.28 bits per heavy atom. The SMILES string of the molecule is CNCC1CCCN1Cc1cn(C(C)C)nc1C. The minimum Gasteiger partial charge on any atom is -0.318 e. The lowest BCUT2D eigenvalue weighted by molar-refractivity contribution is 0.242. The number of nitrogens with zero attached hydrogens (tertiary/aromatic N) is 3. The Morgan fingerprint density at radius 1 is 1.50 bits per heavy atom. The summed E-state index contributed by atoms with van der Waals surface area (Å²) in [4.78, 5) is 2.59. The van der Waals surface area contributed by atoms with Crippen LogP contribution in [0.25, 0.3) is 0 Å². The Hall–Kier alpha value is -0.870. The minimum absolute atomic E-state index is 0.448. The van der Waals surface area contributed by atoms with E-state index in [-0.39, 0.29) is 0 Å². The van der Waals surface area contributed by atoms with E-state index in [9.17, 15) is 0 Å². The summed E-state index contributed by atoms with van der Waals surface area (Å²) in [5.41, 5.74) is 2.56. The van der Waals surface area contributed by atoms with Gasteiger partial charge in [0, 0.05) is 36.9 Å². The van der Waals surface area contributed by atoms with Gasteiger partial charge in [0.15, 0.2) is 0 Å². The third-order valence-electron chi connectivity index (χ3n) is 3.86. The molecule has 0 saturated carbocycles. The van der Waals surface area contributed by atoms with E-state index < -0.39 is 0 Å². The molecule has 2 heterocycles. The average Bonchev–Trinajstić information content (AvgIpc) is 2.89. The lowest BCUT2D eigenvalue weighted by Crippen LogP contribution is -2.36. The van der Waals surface area contributed by atoms with Crippen molar-refractivity contribution in [3.8, 4) is 0 Å². The number of likely N-dealkylation sites (N-methyl/N-ethyl adjacent to an activating group) is 1. The van der Waals surface area contributed by atoms with Gasteiger partial charge in [-0.15, -0.1) is 0 Å². The molecule has 1 unspecified atom stereocenters. The van der Waals surface area contributed by atoms with Crippen LogP contribution in [-0.4, -0.2) is 40.9 Å². The van der Waals surface area contributed by atoms with Gasteiger partial charge in [0.25, 0.3) is 0 Å². The molecule has 0 aliphatic carbocycles. The second-order valence-electron chi connectivity index (χ2n) is 5.64. The summed E-state index contributed by atoms with van der Waals surface area (Å²) in [6.45, 7) is 9.84. The van der Waals surface area contributed by atoms with E-state index >= 15 is 0 Å². The highest BCUT2D eigenvalue weighted by Gasteiger charge is 2.24. The topological polar surface area (TPSA) is 33.1 Å². The highest BCUT2D eigenvalue weighted by molar-refractivity contribution is 5.16. The van der Waals surface area contributed by atoms with Crippen LogP contribution in [0.5, 0.6) is 0 Å². The van der Waals surface area contributed by atoms with Gasteiger partial charge in [-0.25, -0.2) is 0 Å². The fourth-order valence-corrected chi connectivity index (χ4v) is 2.73. The first kappa shape index (κ1) is 13.6. The molecule has 1 aromatic rings. The van der Waals surface area contributed by atoms with Gasteiger partial charge < -0.3 is 5.32 Å². The Bertz CT molecular complexity index is 383.